The van der Waals surface area contributed by atoms with Gasteiger partial charge in [0.1, 0.15) is 5.69 Å². The number of aromatic nitrogens is 4. The summed E-state index contributed by atoms with van der Waals surface area (Å²) >= 11 is 0. The van der Waals surface area contributed by atoms with Gasteiger partial charge in [-0.3, -0.25) is 9.78 Å². The molecule has 5 nitrogen and oxygen atoms in total. The second kappa shape index (κ2) is 6.23. The number of nitrogens with zero attached hydrogens (tertiary/aromatic N) is 4. The van der Waals surface area contributed by atoms with Gasteiger partial charge in [-0.05, 0) is 29.8 Å². The first-order valence-electron chi connectivity index (χ1n) is 6.94. The predicted molar refractivity (Wildman–Crippen MR) is 79.2 cm³/mol. The highest BCUT2D eigenvalue weighted by Crippen LogP contribution is 2.30. The van der Waals surface area contributed by atoms with Gasteiger partial charge in [0, 0.05) is 18.0 Å². The van der Waals surface area contributed by atoms with Crippen LogP contribution in [0.15, 0.2) is 48.8 Å². The molecule has 1 aromatic carbocycles. The molecule has 0 saturated carbocycles. The summed E-state index contributed by atoms with van der Waals surface area (Å²) in [5, 5.41) is 7.65. The Hall–Kier alpha value is -3.03. The molecule has 0 fully saturated rings. The molecular weight excluding hydrogens is 321 g/mol. The molecule has 0 aliphatic rings. The topological polar surface area (TPSA) is 60.7 Å². The second-order valence-electron chi connectivity index (χ2n) is 5.04. The van der Waals surface area contributed by atoms with Crippen molar-refractivity contribution in [2.24, 2.45) is 0 Å². The van der Waals surface area contributed by atoms with Crippen LogP contribution in [-0.2, 0) is 12.7 Å². The van der Waals surface area contributed by atoms with E-state index in [4.69, 9.17) is 0 Å². The molecule has 0 amide bonds. The van der Waals surface area contributed by atoms with Crippen LogP contribution in [0.3, 0.4) is 0 Å². The molecule has 0 unspecified atom stereocenters. The van der Waals surface area contributed by atoms with E-state index in [2.05, 4.69) is 15.3 Å². The number of benzene rings is 1. The summed E-state index contributed by atoms with van der Waals surface area (Å²) in [6.07, 6.45) is -0.754. The third kappa shape index (κ3) is 3.17. The number of aldehydes is 1. The van der Waals surface area contributed by atoms with E-state index in [-0.39, 0.29) is 12.2 Å². The average molecular weight is 332 g/mol. The molecule has 0 spiro atoms. The lowest BCUT2D eigenvalue weighted by atomic mass is 10.1. The Morgan fingerprint density at radius 2 is 2.00 bits per heavy atom. The van der Waals surface area contributed by atoms with Crippen LogP contribution in [0.2, 0.25) is 0 Å². The molecule has 122 valence electrons. The Bertz CT molecular complexity index is 859. The number of hydrogen-bond donors (Lipinski definition) is 0. The minimum absolute atomic E-state index is 0.0506. The van der Waals surface area contributed by atoms with Crippen LogP contribution in [0, 0.1) is 0 Å². The summed E-state index contributed by atoms with van der Waals surface area (Å²) in [6.45, 7) is 0.0506. The van der Waals surface area contributed by atoms with Gasteiger partial charge in [0.2, 0.25) is 0 Å². The maximum Gasteiger partial charge on any atom is 0.416 e. The monoisotopic (exact) mass is 332 g/mol. The van der Waals surface area contributed by atoms with Gasteiger partial charge < -0.3 is 0 Å². The van der Waals surface area contributed by atoms with E-state index < -0.39 is 11.7 Å². The fourth-order valence-electron chi connectivity index (χ4n) is 2.34. The summed E-state index contributed by atoms with van der Waals surface area (Å²) in [6, 6.07) is 8.36. The fraction of sp³-hybridized carbons (Fsp3) is 0.125. The lowest BCUT2D eigenvalue weighted by Gasteiger charge is -2.10. The van der Waals surface area contributed by atoms with Crippen molar-refractivity contribution >= 4 is 6.29 Å². The number of carbonyl (C=O) groups excluding carboxylic acids is 1. The Labute approximate surface area is 134 Å². The molecule has 0 atom stereocenters. The van der Waals surface area contributed by atoms with Gasteiger partial charge in [0.15, 0.2) is 12.0 Å². The standard InChI is InChI=1S/C16H11F3N4O/c17-16(18,19)13-5-1-3-11(7-13)9-23-15(14(10-24)21-22-23)12-4-2-6-20-8-12/h1-8,10H,9H2. The van der Waals surface area contributed by atoms with Crippen LogP contribution in [-0.4, -0.2) is 26.3 Å². The molecule has 0 radical (unpaired) electrons. The maximum absolute atomic E-state index is 12.8. The van der Waals surface area contributed by atoms with Crippen LogP contribution in [0.25, 0.3) is 11.3 Å². The number of rotatable bonds is 4. The molecule has 3 rings (SSSR count). The average Bonchev–Trinajstić information content (AvgIpc) is 2.98. The Balaban J connectivity index is 2.00. The Morgan fingerprint density at radius 3 is 2.67 bits per heavy atom. The van der Waals surface area contributed by atoms with Gasteiger partial charge in [0.25, 0.3) is 0 Å². The van der Waals surface area contributed by atoms with Crippen molar-refractivity contribution < 1.29 is 18.0 Å². The highest BCUT2D eigenvalue weighted by atomic mass is 19.4. The third-order valence-corrected chi connectivity index (χ3v) is 3.39. The van der Waals surface area contributed by atoms with Gasteiger partial charge in [-0.2, -0.15) is 13.2 Å². The summed E-state index contributed by atoms with van der Waals surface area (Å²) in [7, 11) is 0. The highest BCUT2D eigenvalue weighted by Gasteiger charge is 2.30. The summed E-state index contributed by atoms with van der Waals surface area (Å²) < 4.78 is 39.8. The van der Waals surface area contributed by atoms with Crippen molar-refractivity contribution in [2.75, 3.05) is 0 Å². The van der Waals surface area contributed by atoms with Crippen LogP contribution in [0.5, 0.6) is 0 Å². The third-order valence-electron chi connectivity index (χ3n) is 3.39. The van der Waals surface area contributed by atoms with Crippen LogP contribution in [0.1, 0.15) is 21.6 Å². The van der Waals surface area contributed by atoms with Crippen LogP contribution < -0.4 is 0 Å². The summed E-state index contributed by atoms with van der Waals surface area (Å²) in [5.74, 6) is 0. The fourth-order valence-corrected chi connectivity index (χ4v) is 2.34. The van der Waals surface area contributed by atoms with E-state index in [1.807, 2.05) is 0 Å². The summed E-state index contributed by atoms with van der Waals surface area (Å²) in [4.78, 5) is 15.1. The molecule has 2 aromatic heterocycles. The zero-order valence-electron chi connectivity index (χ0n) is 12.2. The maximum atomic E-state index is 12.8. The van der Waals surface area contributed by atoms with Crippen molar-refractivity contribution in [2.45, 2.75) is 12.7 Å². The van der Waals surface area contributed by atoms with Gasteiger partial charge in [-0.25, -0.2) is 4.68 Å². The van der Waals surface area contributed by atoms with E-state index in [0.717, 1.165) is 12.1 Å². The lowest BCUT2D eigenvalue weighted by molar-refractivity contribution is -0.137. The van der Waals surface area contributed by atoms with Gasteiger partial charge in [-0.1, -0.05) is 17.3 Å². The highest BCUT2D eigenvalue weighted by molar-refractivity contribution is 5.82. The van der Waals surface area contributed by atoms with Crippen molar-refractivity contribution in [1.82, 2.24) is 20.0 Å². The molecule has 0 aliphatic heterocycles. The molecular formula is C16H11F3N4O. The van der Waals surface area contributed by atoms with Crippen LogP contribution in [0.4, 0.5) is 13.2 Å². The molecule has 8 heteroatoms. The number of hydrogen-bond acceptors (Lipinski definition) is 4. The van der Waals surface area contributed by atoms with Crippen LogP contribution >= 0.6 is 0 Å². The first-order valence-corrected chi connectivity index (χ1v) is 6.94. The van der Waals surface area contributed by atoms with E-state index in [1.165, 1.54) is 16.9 Å². The zero-order chi connectivity index (χ0) is 17.2. The number of pyridine rings is 1. The van der Waals surface area contributed by atoms with E-state index >= 15 is 0 Å². The lowest BCUT2D eigenvalue weighted by Crippen LogP contribution is -2.08. The number of carbonyl (C=O) groups is 1. The molecule has 0 N–H and O–H groups in total. The normalized spacial score (nSPS) is 11.5. The molecule has 24 heavy (non-hydrogen) atoms. The van der Waals surface area contributed by atoms with Gasteiger partial charge in [0.05, 0.1) is 12.1 Å². The predicted octanol–water partition coefficient (Wildman–Crippen LogP) is 3.22. The van der Waals surface area contributed by atoms with E-state index in [9.17, 15) is 18.0 Å². The molecule has 0 aliphatic carbocycles. The second-order valence-corrected chi connectivity index (χ2v) is 5.04. The first-order chi connectivity index (χ1) is 11.5. The van der Waals surface area contributed by atoms with E-state index in [1.54, 1.807) is 24.4 Å². The zero-order valence-corrected chi connectivity index (χ0v) is 12.2. The van der Waals surface area contributed by atoms with Crippen molar-refractivity contribution in [1.29, 1.82) is 0 Å². The van der Waals surface area contributed by atoms with Crippen molar-refractivity contribution in [3.63, 3.8) is 0 Å². The van der Waals surface area contributed by atoms with Gasteiger partial charge >= 0.3 is 6.18 Å². The van der Waals surface area contributed by atoms with Crippen molar-refractivity contribution in [3.05, 3.63) is 65.6 Å². The Morgan fingerprint density at radius 1 is 1.17 bits per heavy atom. The van der Waals surface area contributed by atoms with E-state index in [0.29, 0.717) is 23.1 Å². The minimum atomic E-state index is -4.42. The number of halogens is 3. The molecule has 0 bridgehead atoms. The Kier molecular flexibility index (Phi) is 4.11. The minimum Gasteiger partial charge on any atom is -0.296 e. The molecule has 3 aromatic rings. The largest absolute Gasteiger partial charge is 0.416 e. The molecule has 2 heterocycles. The number of alkyl halides is 3. The first kappa shape index (κ1) is 15.9. The quantitative estimate of drug-likeness (QED) is 0.688. The van der Waals surface area contributed by atoms with Crippen molar-refractivity contribution in [3.8, 4) is 11.3 Å². The SMILES string of the molecule is O=Cc1nnn(Cc2cccc(C(F)(F)F)c2)c1-c1cccnc1. The molecule has 0 saturated heterocycles. The smallest absolute Gasteiger partial charge is 0.296 e. The summed E-state index contributed by atoms with van der Waals surface area (Å²) in [5.41, 5.74) is 0.790. The van der Waals surface area contributed by atoms with Gasteiger partial charge in [-0.15, -0.1) is 5.10 Å².